The average molecular weight is 569 g/mol. The molecule has 0 bridgehead atoms. The van der Waals surface area contributed by atoms with Crippen LogP contribution in [0.5, 0.6) is 0 Å². The average Bonchev–Trinajstić information content (AvgIpc) is 3.63. The van der Waals surface area contributed by atoms with Gasteiger partial charge >= 0.3 is 0 Å². The Morgan fingerprint density at radius 3 is 2.76 bits per heavy atom. The first kappa shape index (κ1) is 25.3. The second kappa shape index (κ2) is 10.4. The third-order valence-electron chi connectivity index (χ3n) is 7.15. The molecule has 0 aliphatic carbocycles. The van der Waals surface area contributed by atoms with Gasteiger partial charge in [0, 0.05) is 52.2 Å². The zero-order valence-electron chi connectivity index (χ0n) is 21.5. The molecule has 1 amide bonds. The van der Waals surface area contributed by atoms with Crippen molar-refractivity contribution in [3.63, 3.8) is 0 Å². The van der Waals surface area contributed by atoms with Crippen molar-refractivity contribution in [2.75, 3.05) is 18.0 Å². The minimum absolute atomic E-state index is 0.0813. The number of anilines is 1. The first-order valence-corrected chi connectivity index (χ1v) is 13.9. The van der Waals surface area contributed by atoms with Gasteiger partial charge in [0.25, 0.3) is 5.91 Å². The summed E-state index contributed by atoms with van der Waals surface area (Å²) < 4.78 is 31.9. The predicted molar refractivity (Wildman–Crippen MR) is 152 cm³/mol. The number of aromatic nitrogens is 6. The van der Waals surface area contributed by atoms with Gasteiger partial charge in [0.1, 0.15) is 17.2 Å². The van der Waals surface area contributed by atoms with Crippen molar-refractivity contribution in [1.82, 2.24) is 35.3 Å². The minimum Gasteiger partial charge on any atom is -0.315 e. The highest BCUT2D eigenvalue weighted by Crippen LogP contribution is 2.38. The van der Waals surface area contributed by atoms with Gasteiger partial charge in [-0.3, -0.25) is 9.69 Å². The number of thiophene rings is 1. The fraction of sp³-hybridized carbons (Fsp3) is 0.172. The van der Waals surface area contributed by atoms with Crippen LogP contribution in [-0.4, -0.2) is 55.0 Å². The molecule has 0 radical (unpaired) electrons. The van der Waals surface area contributed by atoms with E-state index >= 15 is 4.39 Å². The van der Waals surface area contributed by atoms with Crippen molar-refractivity contribution < 1.29 is 13.6 Å². The summed E-state index contributed by atoms with van der Waals surface area (Å²) in [7, 11) is 0. The Hall–Kier alpha value is -4.68. The van der Waals surface area contributed by atoms with Crippen molar-refractivity contribution in [2.45, 2.75) is 18.9 Å². The Labute approximate surface area is 236 Å². The third-order valence-corrected chi connectivity index (χ3v) is 8.30. The predicted octanol–water partition coefficient (Wildman–Crippen LogP) is 5.16. The van der Waals surface area contributed by atoms with Crippen LogP contribution >= 0.6 is 11.3 Å². The molecule has 6 aromatic rings. The van der Waals surface area contributed by atoms with Gasteiger partial charge in [-0.25, -0.2) is 19.3 Å². The summed E-state index contributed by atoms with van der Waals surface area (Å²) >= 11 is 1.47. The van der Waals surface area contributed by atoms with Crippen molar-refractivity contribution in [3.8, 4) is 16.1 Å². The Balaban J connectivity index is 1.31. The summed E-state index contributed by atoms with van der Waals surface area (Å²) in [5.41, 5.74) is 2.06. The molecule has 204 valence electrons. The van der Waals surface area contributed by atoms with E-state index in [4.69, 9.17) is 0 Å². The van der Waals surface area contributed by atoms with Crippen LogP contribution in [0.25, 0.3) is 37.4 Å². The lowest BCUT2D eigenvalue weighted by Gasteiger charge is -2.34. The number of rotatable bonds is 5. The number of hydrogen-bond acceptors (Lipinski definition) is 8. The molecular formula is C29H22F2N8OS. The van der Waals surface area contributed by atoms with E-state index in [1.165, 1.54) is 40.4 Å². The van der Waals surface area contributed by atoms with Crippen molar-refractivity contribution in [1.29, 1.82) is 0 Å². The molecule has 1 aromatic carbocycles. The maximum atomic E-state index is 15.7. The van der Waals surface area contributed by atoms with Crippen LogP contribution in [0.3, 0.4) is 0 Å². The number of pyridine rings is 3. The summed E-state index contributed by atoms with van der Waals surface area (Å²) in [4.78, 5) is 29.1. The number of benzene rings is 1. The van der Waals surface area contributed by atoms with E-state index in [1.807, 2.05) is 12.1 Å². The van der Waals surface area contributed by atoms with Gasteiger partial charge in [0.05, 0.1) is 17.3 Å². The maximum absolute atomic E-state index is 15.7. The first-order chi connectivity index (χ1) is 20.1. The summed E-state index contributed by atoms with van der Waals surface area (Å²) in [6, 6.07) is 14.5. The fourth-order valence-corrected chi connectivity index (χ4v) is 6.25. The molecule has 1 fully saturated rings. The molecule has 12 heteroatoms. The SMILES string of the molecule is O=C(c1ccc(-n2nnc3cccnc32)cc1F)N(c1nccc2sc(-c3ccnc(F)c3)cc12)[C@@H]1CCCNC1. The number of fused-ring (bicyclic) bond motifs is 2. The Kier molecular flexibility index (Phi) is 6.40. The molecular weight excluding hydrogens is 546 g/mol. The van der Waals surface area contributed by atoms with Crippen LogP contribution in [0.1, 0.15) is 23.2 Å². The van der Waals surface area contributed by atoms with Crippen molar-refractivity contribution >= 4 is 44.3 Å². The molecule has 0 unspecified atom stereocenters. The van der Waals surface area contributed by atoms with E-state index in [0.717, 1.165) is 34.3 Å². The molecule has 9 nitrogen and oxygen atoms in total. The molecule has 1 N–H and O–H groups in total. The lowest BCUT2D eigenvalue weighted by atomic mass is 10.0. The molecule has 0 saturated carbocycles. The number of amides is 1. The van der Waals surface area contributed by atoms with Crippen LogP contribution in [-0.2, 0) is 0 Å². The fourth-order valence-electron chi connectivity index (χ4n) is 5.21. The molecule has 1 saturated heterocycles. The van der Waals surface area contributed by atoms with Gasteiger partial charge in [0.2, 0.25) is 5.95 Å². The van der Waals surface area contributed by atoms with Crippen molar-refractivity contribution in [3.05, 3.63) is 90.5 Å². The van der Waals surface area contributed by atoms with E-state index in [0.29, 0.717) is 34.8 Å². The monoisotopic (exact) mass is 568 g/mol. The number of halogens is 2. The van der Waals surface area contributed by atoms with Crippen LogP contribution < -0.4 is 10.2 Å². The largest absolute Gasteiger partial charge is 0.315 e. The second-order valence-electron chi connectivity index (χ2n) is 9.71. The summed E-state index contributed by atoms with van der Waals surface area (Å²) in [6.07, 6.45) is 6.27. The summed E-state index contributed by atoms with van der Waals surface area (Å²) in [5.74, 6) is -1.32. The second-order valence-corrected chi connectivity index (χ2v) is 10.8. The Morgan fingerprint density at radius 1 is 1.02 bits per heavy atom. The summed E-state index contributed by atoms with van der Waals surface area (Å²) in [6.45, 7) is 1.39. The zero-order chi connectivity index (χ0) is 27.9. The lowest BCUT2D eigenvalue weighted by molar-refractivity contribution is 0.0968. The van der Waals surface area contributed by atoms with E-state index in [-0.39, 0.29) is 11.6 Å². The van der Waals surface area contributed by atoms with Crippen LogP contribution in [0, 0.1) is 11.8 Å². The zero-order valence-corrected chi connectivity index (χ0v) is 22.4. The number of hydrogen-bond donors (Lipinski definition) is 1. The van der Waals surface area contributed by atoms with Crippen LogP contribution in [0.15, 0.2) is 73.2 Å². The number of nitrogens with zero attached hydrogens (tertiary/aromatic N) is 7. The third kappa shape index (κ3) is 4.60. The number of nitrogens with one attached hydrogen (secondary N) is 1. The van der Waals surface area contributed by atoms with Gasteiger partial charge in [0.15, 0.2) is 5.65 Å². The van der Waals surface area contributed by atoms with Gasteiger partial charge in [-0.1, -0.05) is 5.21 Å². The van der Waals surface area contributed by atoms with Gasteiger partial charge in [-0.2, -0.15) is 9.07 Å². The molecule has 41 heavy (non-hydrogen) atoms. The number of carbonyl (C=O) groups excluding carboxylic acids is 1. The molecule has 1 aliphatic heterocycles. The van der Waals surface area contributed by atoms with Gasteiger partial charge in [-0.15, -0.1) is 16.4 Å². The highest BCUT2D eigenvalue weighted by atomic mass is 32.1. The number of piperidine rings is 1. The van der Waals surface area contributed by atoms with Gasteiger partial charge < -0.3 is 5.32 Å². The van der Waals surface area contributed by atoms with E-state index in [2.05, 4.69) is 30.6 Å². The summed E-state index contributed by atoms with van der Waals surface area (Å²) in [5, 5.41) is 12.3. The highest BCUT2D eigenvalue weighted by molar-refractivity contribution is 7.22. The van der Waals surface area contributed by atoms with Crippen LogP contribution in [0.4, 0.5) is 14.6 Å². The van der Waals surface area contributed by atoms with Crippen LogP contribution in [0.2, 0.25) is 0 Å². The van der Waals surface area contributed by atoms with Crippen molar-refractivity contribution in [2.24, 2.45) is 0 Å². The first-order valence-electron chi connectivity index (χ1n) is 13.1. The lowest BCUT2D eigenvalue weighted by Crippen LogP contribution is -2.49. The maximum Gasteiger partial charge on any atom is 0.262 e. The normalized spacial score (nSPS) is 15.4. The minimum atomic E-state index is -0.689. The topological polar surface area (TPSA) is 102 Å². The molecule has 5 aromatic heterocycles. The smallest absolute Gasteiger partial charge is 0.262 e. The number of carbonyl (C=O) groups is 1. The van der Waals surface area contributed by atoms with E-state index < -0.39 is 17.7 Å². The molecule has 6 heterocycles. The Bertz CT molecular complexity index is 1920. The van der Waals surface area contributed by atoms with Gasteiger partial charge in [-0.05, 0) is 67.4 Å². The molecule has 1 aliphatic rings. The standard InChI is InChI=1S/C29H22F2N8OS/c30-22-14-18(39-28-23(36-37-39)4-2-10-34-28)5-6-20(22)29(40)38(19-3-1-9-32-16-19)27-21-15-25(41-24(21)8-12-35-27)17-7-11-33-26(31)13-17/h2,4-8,10-15,19,32H,1,3,9,16H2/t19-/m1/s1. The van der Waals surface area contributed by atoms with E-state index in [9.17, 15) is 9.18 Å². The quantitative estimate of drug-likeness (QED) is 0.287. The molecule has 1 atom stereocenters. The Morgan fingerprint density at radius 2 is 1.93 bits per heavy atom. The highest BCUT2D eigenvalue weighted by Gasteiger charge is 2.32. The molecule has 7 rings (SSSR count). The molecule has 0 spiro atoms. The van der Waals surface area contributed by atoms with E-state index in [1.54, 1.807) is 41.6 Å².